The number of nitrogens with one attached hydrogen (secondary N) is 1. The molecule has 1 atom stereocenters. The highest BCUT2D eigenvalue weighted by atomic mass is 79.9. The highest BCUT2D eigenvalue weighted by Crippen LogP contribution is 2.19. The minimum absolute atomic E-state index is 0.102. The van der Waals surface area contributed by atoms with Gasteiger partial charge in [0.05, 0.1) is 0 Å². The Labute approximate surface area is 127 Å². The third-order valence-electron chi connectivity index (χ3n) is 3.22. The molecule has 2 rings (SSSR count). The lowest BCUT2D eigenvalue weighted by Gasteiger charge is -2.14. The summed E-state index contributed by atoms with van der Waals surface area (Å²) in [4.78, 5) is 12.2. The van der Waals surface area contributed by atoms with Gasteiger partial charge in [0.15, 0.2) is 0 Å². The van der Waals surface area contributed by atoms with Gasteiger partial charge in [-0.3, -0.25) is 4.79 Å². The van der Waals surface area contributed by atoms with Gasteiger partial charge in [-0.25, -0.2) is 0 Å². The molecule has 3 N–H and O–H groups in total. The lowest BCUT2D eigenvalue weighted by atomic mass is 10.1. The van der Waals surface area contributed by atoms with Gasteiger partial charge in [-0.15, -0.1) is 0 Å². The van der Waals surface area contributed by atoms with Gasteiger partial charge in [-0.1, -0.05) is 52.3 Å². The maximum absolute atomic E-state index is 12.2. The van der Waals surface area contributed by atoms with Gasteiger partial charge in [-0.2, -0.15) is 0 Å². The first-order chi connectivity index (χ1) is 9.59. The Bertz CT molecular complexity index is 599. The standard InChI is InChI=1S/C16H17BrN2O/c1-11-13(8-5-9-14(11)17)16(20)19-10-15(18)12-6-3-2-4-7-12/h2-9,15H,10,18H2,1H3,(H,19,20). The quantitative estimate of drug-likeness (QED) is 0.903. The van der Waals surface area contributed by atoms with Crippen LogP contribution in [0, 0.1) is 6.92 Å². The maximum atomic E-state index is 12.2. The molecule has 0 aliphatic rings. The lowest BCUT2D eigenvalue weighted by molar-refractivity contribution is 0.0950. The fourth-order valence-corrected chi connectivity index (χ4v) is 2.34. The second-order valence-electron chi connectivity index (χ2n) is 4.64. The van der Waals surface area contributed by atoms with Gasteiger partial charge in [0.25, 0.3) is 5.91 Å². The molecular weight excluding hydrogens is 316 g/mol. The molecule has 2 aromatic carbocycles. The molecule has 104 valence electrons. The van der Waals surface area contributed by atoms with Gasteiger partial charge < -0.3 is 11.1 Å². The van der Waals surface area contributed by atoms with Gasteiger partial charge in [0.2, 0.25) is 0 Å². The number of amides is 1. The Morgan fingerprint density at radius 1 is 1.20 bits per heavy atom. The Balaban J connectivity index is 2.01. The van der Waals surface area contributed by atoms with Crippen LogP contribution < -0.4 is 11.1 Å². The maximum Gasteiger partial charge on any atom is 0.251 e. The summed E-state index contributed by atoms with van der Waals surface area (Å²) in [6.45, 7) is 2.32. The van der Waals surface area contributed by atoms with Gasteiger partial charge in [-0.05, 0) is 30.2 Å². The number of hydrogen-bond donors (Lipinski definition) is 2. The summed E-state index contributed by atoms with van der Waals surface area (Å²) in [6, 6.07) is 15.1. The minimum atomic E-state index is -0.201. The van der Waals surface area contributed by atoms with E-state index in [1.165, 1.54) is 0 Å². The average molecular weight is 333 g/mol. The van der Waals surface area contributed by atoms with E-state index < -0.39 is 0 Å². The van der Waals surface area contributed by atoms with Crippen LogP contribution in [-0.2, 0) is 0 Å². The number of rotatable bonds is 4. The van der Waals surface area contributed by atoms with Gasteiger partial charge in [0.1, 0.15) is 0 Å². The van der Waals surface area contributed by atoms with Crippen LogP contribution in [0.3, 0.4) is 0 Å². The Kier molecular flexibility index (Phi) is 4.93. The Morgan fingerprint density at radius 2 is 1.90 bits per heavy atom. The summed E-state index contributed by atoms with van der Waals surface area (Å²) < 4.78 is 0.928. The van der Waals surface area contributed by atoms with E-state index in [-0.39, 0.29) is 11.9 Å². The molecule has 0 spiro atoms. The fraction of sp³-hybridized carbons (Fsp3) is 0.188. The van der Waals surface area contributed by atoms with Gasteiger partial charge >= 0.3 is 0 Å². The van der Waals surface area contributed by atoms with Crippen molar-refractivity contribution in [3.05, 3.63) is 69.7 Å². The van der Waals surface area contributed by atoms with Crippen LogP contribution >= 0.6 is 15.9 Å². The van der Waals surface area contributed by atoms with E-state index in [0.717, 1.165) is 15.6 Å². The van der Waals surface area contributed by atoms with Gasteiger partial charge in [0, 0.05) is 22.6 Å². The zero-order valence-electron chi connectivity index (χ0n) is 11.3. The van der Waals surface area contributed by atoms with Crippen molar-refractivity contribution in [3.8, 4) is 0 Å². The molecule has 0 saturated carbocycles. The van der Waals surface area contributed by atoms with E-state index in [2.05, 4.69) is 21.2 Å². The zero-order chi connectivity index (χ0) is 14.5. The molecule has 0 radical (unpaired) electrons. The normalized spacial score (nSPS) is 11.9. The Morgan fingerprint density at radius 3 is 2.60 bits per heavy atom. The van der Waals surface area contributed by atoms with Crippen molar-refractivity contribution >= 4 is 21.8 Å². The van der Waals surface area contributed by atoms with Crippen LogP contribution in [0.4, 0.5) is 0 Å². The summed E-state index contributed by atoms with van der Waals surface area (Å²) in [6.07, 6.45) is 0. The molecule has 0 bridgehead atoms. The predicted octanol–water partition coefficient (Wildman–Crippen LogP) is 3.19. The molecule has 20 heavy (non-hydrogen) atoms. The molecule has 0 aliphatic heterocycles. The topological polar surface area (TPSA) is 55.1 Å². The minimum Gasteiger partial charge on any atom is -0.350 e. The van der Waals surface area contributed by atoms with E-state index in [0.29, 0.717) is 12.1 Å². The molecule has 1 unspecified atom stereocenters. The first-order valence-corrected chi connectivity index (χ1v) is 7.22. The van der Waals surface area contributed by atoms with Crippen molar-refractivity contribution in [2.45, 2.75) is 13.0 Å². The van der Waals surface area contributed by atoms with E-state index in [1.807, 2.05) is 55.5 Å². The monoisotopic (exact) mass is 332 g/mol. The summed E-state index contributed by atoms with van der Waals surface area (Å²) in [5, 5.41) is 2.88. The molecule has 0 heterocycles. The van der Waals surface area contributed by atoms with Crippen LogP contribution in [0.15, 0.2) is 53.0 Å². The largest absolute Gasteiger partial charge is 0.350 e. The summed E-state index contributed by atoms with van der Waals surface area (Å²) in [7, 11) is 0. The van der Waals surface area contributed by atoms with Crippen molar-refractivity contribution < 1.29 is 4.79 Å². The highest BCUT2D eigenvalue weighted by molar-refractivity contribution is 9.10. The second kappa shape index (κ2) is 6.68. The predicted molar refractivity (Wildman–Crippen MR) is 84.6 cm³/mol. The summed E-state index contributed by atoms with van der Waals surface area (Å²) >= 11 is 3.43. The van der Waals surface area contributed by atoms with E-state index >= 15 is 0 Å². The third kappa shape index (κ3) is 3.46. The molecular formula is C16H17BrN2O. The van der Waals surface area contributed by atoms with E-state index in [1.54, 1.807) is 0 Å². The van der Waals surface area contributed by atoms with Crippen LogP contribution in [-0.4, -0.2) is 12.5 Å². The number of halogens is 1. The molecule has 4 heteroatoms. The molecule has 3 nitrogen and oxygen atoms in total. The first kappa shape index (κ1) is 14.8. The van der Waals surface area contributed by atoms with Crippen molar-refractivity contribution in [3.63, 3.8) is 0 Å². The lowest BCUT2D eigenvalue weighted by Crippen LogP contribution is -2.32. The summed E-state index contributed by atoms with van der Waals surface area (Å²) in [5.74, 6) is -0.102. The molecule has 1 amide bonds. The molecule has 0 saturated heterocycles. The van der Waals surface area contributed by atoms with Crippen molar-refractivity contribution in [2.75, 3.05) is 6.54 Å². The first-order valence-electron chi connectivity index (χ1n) is 6.43. The zero-order valence-corrected chi connectivity index (χ0v) is 12.9. The van der Waals surface area contributed by atoms with Crippen LogP contribution in [0.25, 0.3) is 0 Å². The smallest absolute Gasteiger partial charge is 0.251 e. The SMILES string of the molecule is Cc1c(Br)cccc1C(=O)NCC(N)c1ccccc1. The number of nitrogens with two attached hydrogens (primary N) is 1. The molecule has 0 fully saturated rings. The van der Waals surface area contributed by atoms with E-state index in [4.69, 9.17) is 5.73 Å². The highest BCUT2D eigenvalue weighted by Gasteiger charge is 2.12. The fourth-order valence-electron chi connectivity index (χ4n) is 1.97. The number of carbonyl (C=O) groups excluding carboxylic acids is 1. The third-order valence-corrected chi connectivity index (χ3v) is 4.08. The molecule has 2 aromatic rings. The van der Waals surface area contributed by atoms with Crippen LogP contribution in [0.1, 0.15) is 27.5 Å². The van der Waals surface area contributed by atoms with Crippen LogP contribution in [0.2, 0.25) is 0 Å². The Hall–Kier alpha value is -1.65. The van der Waals surface area contributed by atoms with Crippen molar-refractivity contribution in [1.82, 2.24) is 5.32 Å². The van der Waals surface area contributed by atoms with Crippen LogP contribution in [0.5, 0.6) is 0 Å². The van der Waals surface area contributed by atoms with Crippen molar-refractivity contribution in [1.29, 1.82) is 0 Å². The number of hydrogen-bond acceptors (Lipinski definition) is 2. The van der Waals surface area contributed by atoms with Crippen molar-refractivity contribution in [2.24, 2.45) is 5.73 Å². The summed E-state index contributed by atoms with van der Waals surface area (Å²) in [5.41, 5.74) is 8.67. The molecule has 0 aliphatic carbocycles. The number of carbonyl (C=O) groups is 1. The second-order valence-corrected chi connectivity index (χ2v) is 5.49. The number of benzene rings is 2. The average Bonchev–Trinajstić information content (AvgIpc) is 2.48. The molecule has 0 aromatic heterocycles. The van der Waals surface area contributed by atoms with E-state index in [9.17, 15) is 4.79 Å².